The third-order valence-electron chi connectivity index (χ3n) is 5.35. The van der Waals surface area contributed by atoms with Gasteiger partial charge in [-0.3, -0.25) is 19.3 Å². The van der Waals surface area contributed by atoms with Gasteiger partial charge in [0.1, 0.15) is 5.75 Å². The van der Waals surface area contributed by atoms with E-state index in [4.69, 9.17) is 14.5 Å². The van der Waals surface area contributed by atoms with Gasteiger partial charge in [0.2, 0.25) is 0 Å². The number of methoxy groups -OCH3 is 1. The topological polar surface area (TPSA) is 72.7 Å². The number of anilines is 1. The minimum Gasteiger partial charge on any atom is -0.497 e. The summed E-state index contributed by atoms with van der Waals surface area (Å²) in [5, 5.41) is 5.08. The van der Waals surface area contributed by atoms with Crippen LogP contribution >= 0.6 is 11.3 Å². The quantitative estimate of drug-likeness (QED) is 0.575. The number of carbonyl (C=O) groups excluding carboxylic acids is 1. The van der Waals surface area contributed by atoms with Crippen molar-refractivity contribution in [2.45, 2.75) is 13.3 Å². The molecule has 8 nitrogen and oxygen atoms in total. The largest absolute Gasteiger partial charge is 0.497 e. The first-order valence-corrected chi connectivity index (χ1v) is 10.9. The van der Waals surface area contributed by atoms with Gasteiger partial charge >= 0.3 is 0 Å². The van der Waals surface area contributed by atoms with E-state index in [2.05, 4.69) is 10.00 Å². The van der Waals surface area contributed by atoms with E-state index in [9.17, 15) is 4.79 Å². The van der Waals surface area contributed by atoms with Crippen LogP contribution in [-0.4, -0.2) is 72.1 Å². The van der Waals surface area contributed by atoms with Crippen molar-refractivity contribution in [3.63, 3.8) is 0 Å². The van der Waals surface area contributed by atoms with E-state index in [1.54, 1.807) is 16.7 Å². The summed E-state index contributed by atoms with van der Waals surface area (Å²) in [5.41, 5.74) is 2.25. The van der Waals surface area contributed by atoms with E-state index in [-0.39, 0.29) is 5.91 Å². The van der Waals surface area contributed by atoms with Gasteiger partial charge in [-0.1, -0.05) is 11.3 Å². The average Bonchev–Trinajstić information content (AvgIpc) is 3.33. The lowest BCUT2D eigenvalue weighted by Crippen LogP contribution is -2.39. The highest BCUT2D eigenvalue weighted by Crippen LogP contribution is 2.32. The normalized spacial score (nSPS) is 14.9. The van der Waals surface area contributed by atoms with E-state index in [0.29, 0.717) is 17.4 Å². The summed E-state index contributed by atoms with van der Waals surface area (Å²) in [6.45, 7) is 6.88. The Bertz CT molecular complexity index is 1010. The van der Waals surface area contributed by atoms with Crippen molar-refractivity contribution >= 4 is 32.6 Å². The molecule has 2 aromatic heterocycles. The maximum absolute atomic E-state index is 13.4. The van der Waals surface area contributed by atoms with E-state index in [1.807, 2.05) is 38.2 Å². The van der Waals surface area contributed by atoms with Crippen LogP contribution in [-0.2, 0) is 11.8 Å². The lowest BCUT2D eigenvalue weighted by Gasteiger charge is -2.27. The number of fused-ring (bicyclic) bond motifs is 1. The zero-order valence-corrected chi connectivity index (χ0v) is 18.4. The first kappa shape index (κ1) is 20.8. The highest BCUT2D eigenvalue weighted by atomic mass is 32.1. The number of rotatable bonds is 7. The second-order valence-corrected chi connectivity index (χ2v) is 8.40. The van der Waals surface area contributed by atoms with E-state index >= 15 is 0 Å². The summed E-state index contributed by atoms with van der Waals surface area (Å²) < 4.78 is 13.5. The number of hydrogen-bond donors (Lipinski definition) is 0. The van der Waals surface area contributed by atoms with Crippen LogP contribution in [0.4, 0.5) is 5.13 Å². The molecule has 0 spiro atoms. The van der Waals surface area contributed by atoms with Gasteiger partial charge in [-0.2, -0.15) is 5.10 Å². The van der Waals surface area contributed by atoms with Gasteiger partial charge in [-0.05, 0) is 37.6 Å². The number of amides is 1. The van der Waals surface area contributed by atoms with Gasteiger partial charge in [-0.25, -0.2) is 4.98 Å². The fourth-order valence-electron chi connectivity index (χ4n) is 3.50. The van der Waals surface area contributed by atoms with Crippen LogP contribution in [0.3, 0.4) is 0 Å². The molecule has 1 aliphatic rings. The molecule has 4 rings (SSSR count). The number of nitrogens with zero attached hydrogens (tertiary/aromatic N) is 5. The Hall–Kier alpha value is -2.49. The summed E-state index contributed by atoms with van der Waals surface area (Å²) in [7, 11) is 3.49. The molecular formula is C21H27N5O3S. The van der Waals surface area contributed by atoms with Gasteiger partial charge in [0, 0.05) is 38.9 Å². The number of aromatic nitrogens is 3. The Morgan fingerprint density at radius 3 is 2.80 bits per heavy atom. The summed E-state index contributed by atoms with van der Waals surface area (Å²) in [6.07, 6.45) is 0.858. The molecule has 1 saturated heterocycles. The number of thiazole rings is 1. The molecule has 1 fully saturated rings. The van der Waals surface area contributed by atoms with Crippen molar-refractivity contribution in [2.75, 3.05) is 51.4 Å². The summed E-state index contributed by atoms with van der Waals surface area (Å²) >= 11 is 1.50. The zero-order valence-electron chi connectivity index (χ0n) is 17.6. The van der Waals surface area contributed by atoms with Crippen LogP contribution in [0.1, 0.15) is 22.6 Å². The number of ether oxygens (including phenoxy) is 2. The molecule has 1 aromatic carbocycles. The van der Waals surface area contributed by atoms with Gasteiger partial charge in [-0.15, -0.1) is 0 Å². The molecule has 1 amide bonds. The molecule has 9 heteroatoms. The summed E-state index contributed by atoms with van der Waals surface area (Å²) in [5.74, 6) is 0.662. The van der Waals surface area contributed by atoms with Gasteiger partial charge < -0.3 is 9.47 Å². The number of aryl methyl sites for hydroxylation is 2. The van der Waals surface area contributed by atoms with Crippen LogP contribution < -0.4 is 9.64 Å². The number of hydrogen-bond acceptors (Lipinski definition) is 7. The molecule has 160 valence electrons. The minimum atomic E-state index is -0.119. The molecule has 3 heterocycles. The zero-order chi connectivity index (χ0) is 21.1. The Morgan fingerprint density at radius 2 is 2.10 bits per heavy atom. The van der Waals surface area contributed by atoms with Crippen molar-refractivity contribution in [2.24, 2.45) is 7.05 Å². The molecule has 0 unspecified atom stereocenters. The highest BCUT2D eigenvalue weighted by Gasteiger charge is 2.24. The van der Waals surface area contributed by atoms with Crippen LogP contribution in [0.5, 0.6) is 5.75 Å². The first-order valence-electron chi connectivity index (χ1n) is 10.1. The predicted octanol–water partition coefficient (Wildman–Crippen LogP) is 2.72. The van der Waals surface area contributed by atoms with E-state index < -0.39 is 0 Å². The van der Waals surface area contributed by atoms with Crippen molar-refractivity contribution in [3.05, 3.63) is 35.7 Å². The minimum absolute atomic E-state index is 0.119. The Morgan fingerprint density at radius 1 is 1.30 bits per heavy atom. The molecular weight excluding hydrogens is 402 g/mol. The highest BCUT2D eigenvalue weighted by molar-refractivity contribution is 7.22. The van der Waals surface area contributed by atoms with Crippen LogP contribution in [0.15, 0.2) is 24.3 Å². The molecule has 0 atom stereocenters. The molecule has 30 heavy (non-hydrogen) atoms. The monoisotopic (exact) mass is 429 g/mol. The molecule has 0 saturated carbocycles. The maximum atomic E-state index is 13.4. The third-order valence-corrected chi connectivity index (χ3v) is 6.39. The SMILES string of the molecule is COc1ccc2nc(N(CCCN3CCOCC3)C(=O)c3cc(C)n(C)n3)sc2c1. The van der Waals surface area contributed by atoms with Crippen molar-refractivity contribution < 1.29 is 14.3 Å². The smallest absolute Gasteiger partial charge is 0.280 e. The summed E-state index contributed by atoms with van der Waals surface area (Å²) in [4.78, 5) is 22.2. The second kappa shape index (κ2) is 9.11. The van der Waals surface area contributed by atoms with Crippen molar-refractivity contribution in [3.8, 4) is 5.75 Å². The molecule has 0 N–H and O–H groups in total. The Kier molecular flexibility index (Phi) is 6.31. The van der Waals surface area contributed by atoms with Crippen molar-refractivity contribution in [1.82, 2.24) is 19.7 Å². The van der Waals surface area contributed by atoms with Gasteiger partial charge in [0.05, 0.1) is 30.5 Å². The predicted molar refractivity (Wildman–Crippen MR) is 118 cm³/mol. The maximum Gasteiger partial charge on any atom is 0.280 e. The summed E-state index contributed by atoms with van der Waals surface area (Å²) in [6, 6.07) is 7.60. The average molecular weight is 430 g/mol. The Labute approximate surface area is 180 Å². The lowest BCUT2D eigenvalue weighted by molar-refractivity contribution is 0.0376. The third kappa shape index (κ3) is 4.48. The molecule has 3 aromatic rings. The van der Waals surface area contributed by atoms with Crippen molar-refractivity contribution in [1.29, 1.82) is 0 Å². The van der Waals surface area contributed by atoms with Crippen LogP contribution in [0.2, 0.25) is 0 Å². The van der Waals surface area contributed by atoms with Gasteiger partial charge in [0.25, 0.3) is 5.91 Å². The molecule has 0 aliphatic carbocycles. The first-order chi connectivity index (χ1) is 14.5. The lowest BCUT2D eigenvalue weighted by atomic mass is 10.3. The molecule has 1 aliphatic heterocycles. The standard InChI is InChI=1S/C21H27N5O3S/c1-15-13-18(23-24(15)2)20(27)26(8-4-7-25-9-11-29-12-10-25)21-22-17-6-5-16(28-3)14-19(17)30-21/h5-6,13-14H,4,7-12H2,1-3H3. The van der Waals surface area contributed by atoms with E-state index in [1.165, 1.54) is 11.3 Å². The molecule has 0 bridgehead atoms. The number of carbonyl (C=O) groups is 1. The number of benzene rings is 1. The fraction of sp³-hybridized carbons (Fsp3) is 0.476. The number of morpholine rings is 1. The van der Waals surface area contributed by atoms with E-state index in [0.717, 1.165) is 60.9 Å². The Balaban J connectivity index is 1.58. The second-order valence-electron chi connectivity index (χ2n) is 7.39. The van der Waals surface area contributed by atoms with Crippen LogP contribution in [0, 0.1) is 6.92 Å². The molecule has 0 radical (unpaired) electrons. The van der Waals surface area contributed by atoms with Gasteiger partial charge in [0.15, 0.2) is 10.8 Å². The fourth-order valence-corrected chi connectivity index (χ4v) is 4.52. The van der Waals surface area contributed by atoms with Crippen LogP contribution in [0.25, 0.3) is 10.2 Å².